The maximum atomic E-state index is 15.2. The Morgan fingerprint density at radius 3 is 2.48 bits per heavy atom. The van der Waals surface area contributed by atoms with Crippen LogP contribution in [-0.2, 0) is 12.7 Å². The van der Waals surface area contributed by atoms with Crippen LogP contribution in [0.1, 0.15) is 48.6 Å². The van der Waals surface area contributed by atoms with Gasteiger partial charge in [-0.1, -0.05) is 12.1 Å². The Balaban J connectivity index is 1.16. The summed E-state index contributed by atoms with van der Waals surface area (Å²) < 4.78 is 59.1. The molecule has 1 saturated heterocycles. The molecule has 4 N–H and O–H groups in total. The third kappa shape index (κ3) is 6.20. The SMILES string of the molecule is CN(C)C1CCN(Cc2ccc(NC(=O)Nc3ccc(-c4nc(C5CC5)n5ccnc(N)c45)cc3F)cc2C(F)(F)F)CC1. The van der Waals surface area contributed by atoms with Crippen molar-refractivity contribution in [3.63, 3.8) is 0 Å². The molecule has 1 aliphatic carbocycles. The molecule has 44 heavy (non-hydrogen) atoms. The second-order valence-corrected chi connectivity index (χ2v) is 11.7. The van der Waals surface area contributed by atoms with E-state index in [-0.39, 0.29) is 29.3 Å². The van der Waals surface area contributed by atoms with Crippen LogP contribution in [0.25, 0.3) is 16.8 Å². The van der Waals surface area contributed by atoms with Crippen LogP contribution in [0.5, 0.6) is 0 Å². The average molecular weight is 611 g/mol. The number of nitrogens with one attached hydrogen (secondary N) is 2. The highest BCUT2D eigenvalue weighted by molar-refractivity contribution is 6.00. The zero-order valence-corrected chi connectivity index (χ0v) is 24.5. The van der Waals surface area contributed by atoms with Gasteiger partial charge in [-0.25, -0.2) is 19.2 Å². The molecule has 2 aromatic carbocycles. The van der Waals surface area contributed by atoms with Gasteiger partial charge in [0.15, 0.2) is 0 Å². The normalized spacial score (nSPS) is 16.5. The van der Waals surface area contributed by atoms with Gasteiger partial charge < -0.3 is 21.3 Å². The van der Waals surface area contributed by atoms with Crippen molar-refractivity contribution in [1.29, 1.82) is 0 Å². The third-order valence-corrected chi connectivity index (χ3v) is 8.40. The van der Waals surface area contributed by atoms with Crippen LogP contribution >= 0.6 is 0 Å². The van der Waals surface area contributed by atoms with Gasteiger partial charge in [0.1, 0.15) is 28.7 Å². The van der Waals surface area contributed by atoms with Crippen molar-refractivity contribution in [2.24, 2.45) is 0 Å². The number of rotatable bonds is 7. The van der Waals surface area contributed by atoms with Crippen LogP contribution in [0.3, 0.4) is 0 Å². The number of fused-ring (bicyclic) bond motifs is 1. The van der Waals surface area contributed by atoms with Gasteiger partial charge in [0.2, 0.25) is 0 Å². The van der Waals surface area contributed by atoms with E-state index in [0.717, 1.165) is 37.6 Å². The third-order valence-electron chi connectivity index (χ3n) is 8.40. The highest BCUT2D eigenvalue weighted by Gasteiger charge is 2.35. The second-order valence-electron chi connectivity index (χ2n) is 11.7. The minimum Gasteiger partial charge on any atom is -0.382 e. The first-order valence-corrected chi connectivity index (χ1v) is 14.6. The Kier molecular flexibility index (Phi) is 7.93. The zero-order valence-electron chi connectivity index (χ0n) is 24.5. The lowest BCUT2D eigenvalue weighted by atomic mass is 10.0. The lowest BCUT2D eigenvalue weighted by Crippen LogP contribution is -2.41. The summed E-state index contributed by atoms with van der Waals surface area (Å²) in [5.41, 5.74) is 6.78. The summed E-state index contributed by atoms with van der Waals surface area (Å²) in [6.45, 7) is 1.57. The second kappa shape index (κ2) is 11.7. The lowest BCUT2D eigenvalue weighted by Gasteiger charge is -2.35. The van der Waals surface area contributed by atoms with Crippen molar-refractivity contribution in [3.05, 3.63) is 71.6 Å². The number of piperidine rings is 1. The minimum absolute atomic E-state index is 0.0537. The van der Waals surface area contributed by atoms with Gasteiger partial charge in [-0.2, -0.15) is 13.2 Å². The highest BCUT2D eigenvalue weighted by atomic mass is 19.4. The van der Waals surface area contributed by atoms with Crippen LogP contribution in [0.4, 0.5) is 39.5 Å². The number of benzene rings is 2. The molecule has 3 heterocycles. The Labute approximate surface area is 252 Å². The first-order valence-electron chi connectivity index (χ1n) is 14.6. The molecule has 232 valence electrons. The van der Waals surface area contributed by atoms with Gasteiger partial charge in [-0.15, -0.1) is 0 Å². The van der Waals surface area contributed by atoms with E-state index in [4.69, 9.17) is 10.7 Å². The summed E-state index contributed by atoms with van der Waals surface area (Å²) in [5, 5.41) is 4.79. The van der Waals surface area contributed by atoms with Gasteiger partial charge in [-0.3, -0.25) is 9.30 Å². The van der Waals surface area contributed by atoms with E-state index in [0.29, 0.717) is 41.8 Å². The van der Waals surface area contributed by atoms with Crippen LogP contribution in [0.15, 0.2) is 48.8 Å². The Morgan fingerprint density at radius 2 is 1.82 bits per heavy atom. The van der Waals surface area contributed by atoms with E-state index in [9.17, 15) is 18.0 Å². The Hall–Kier alpha value is -4.23. The molecule has 0 radical (unpaired) electrons. The number of nitrogen functional groups attached to an aromatic ring is 1. The summed E-state index contributed by atoms with van der Waals surface area (Å²) in [7, 11) is 4.02. The molecule has 2 aliphatic rings. The van der Waals surface area contributed by atoms with E-state index in [1.165, 1.54) is 24.3 Å². The molecule has 0 atom stereocenters. The molecular formula is C31H34F4N8O. The number of hydrogen-bond acceptors (Lipinski definition) is 6. The fraction of sp³-hybridized carbons (Fsp3) is 0.387. The molecule has 1 saturated carbocycles. The summed E-state index contributed by atoms with van der Waals surface area (Å²) in [5.74, 6) is 0.671. The molecule has 0 spiro atoms. The molecule has 0 bridgehead atoms. The molecule has 2 fully saturated rings. The van der Waals surface area contributed by atoms with Gasteiger partial charge >= 0.3 is 12.2 Å². The number of carbonyl (C=O) groups excluding carboxylic acids is 1. The standard InChI is InChI=1S/C31H34F4N8O/c1-41(2)22-9-12-42(13-10-22)17-20-5-7-21(16-23(20)31(33,34)35)38-30(44)39-25-8-6-19(15-24(25)32)26-27-28(36)37-11-14-43(27)29(40-26)18-3-4-18/h5-8,11,14-16,18,22H,3-4,9-10,12-13,17H2,1-2H3,(H2,36,37)(H2,38,39,44). The number of aromatic nitrogens is 3. The smallest absolute Gasteiger partial charge is 0.382 e. The van der Waals surface area contributed by atoms with Crippen molar-refractivity contribution in [2.75, 3.05) is 43.6 Å². The largest absolute Gasteiger partial charge is 0.416 e. The van der Waals surface area contributed by atoms with Crippen molar-refractivity contribution < 1.29 is 22.4 Å². The van der Waals surface area contributed by atoms with Gasteiger partial charge in [0.05, 0.1) is 11.3 Å². The first-order chi connectivity index (χ1) is 21.0. The number of hydrogen-bond donors (Lipinski definition) is 3. The topological polar surface area (TPSA) is 104 Å². The summed E-state index contributed by atoms with van der Waals surface area (Å²) in [6.07, 6.45) is 2.55. The van der Waals surface area contributed by atoms with Gasteiger partial charge in [-0.05, 0) is 82.7 Å². The number of nitrogens with two attached hydrogens (primary N) is 1. The van der Waals surface area contributed by atoms with E-state index >= 15 is 4.39 Å². The summed E-state index contributed by atoms with van der Waals surface area (Å²) in [4.78, 5) is 25.8. The van der Waals surface area contributed by atoms with Crippen molar-refractivity contribution in [1.82, 2.24) is 24.2 Å². The fourth-order valence-corrected chi connectivity index (χ4v) is 5.86. The van der Waals surface area contributed by atoms with E-state index in [1.54, 1.807) is 18.5 Å². The summed E-state index contributed by atoms with van der Waals surface area (Å²) in [6, 6.07) is 7.49. The van der Waals surface area contributed by atoms with Crippen LogP contribution < -0.4 is 16.4 Å². The molecule has 13 heteroatoms. The number of imidazole rings is 1. The zero-order chi connectivity index (χ0) is 31.2. The quantitative estimate of drug-likeness (QED) is 0.216. The number of nitrogens with zero attached hydrogens (tertiary/aromatic N) is 5. The van der Waals surface area contributed by atoms with Gasteiger partial charge in [0, 0.05) is 42.1 Å². The molecular weight excluding hydrogens is 576 g/mol. The minimum atomic E-state index is -4.61. The number of likely N-dealkylation sites (tertiary alicyclic amines) is 1. The molecule has 6 rings (SSSR count). The van der Waals surface area contributed by atoms with Crippen LogP contribution in [0.2, 0.25) is 0 Å². The van der Waals surface area contributed by atoms with Crippen molar-refractivity contribution in [2.45, 2.75) is 50.4 Å². The van der Waals surface area contributed by atoms with E-state index in [2.05, 4.69) is 20.5 Å². The first kappa shape index (κ1) is 29.8. The van der Waals surface area contributed by atoms with Crippen LogP contribution in [0, 0.1) is 5.82 Å². The summed E-state index contributed by atoms with van der Waals surface area (Å²) >= 11 is 0. The van der Waals surface area contributed by atoms with E-state index < -0.39 is 23.6 Å². The average Bonchev–Trinajstić information content (AvgIpc) is 3.74. The van der Waals surface area contributed by atoms with Gasteiger partial charge in [0.25, 0.3) is 0 Å². The Bertz CT molecular complexity index is 1690. The van der Waals surface area contributed by atoms with Crippen molar-refractivity contribution >= 4 is 28.7 Å². The predicted octanol–water partition coefficient (Wildman–Crippen LogP) is 6.18. The number of anilines is 3. The molecule has 9 nitrogen and oxygen atoms in total. The molecule has 2 aromatic heterocycles. The number of urea groups is 1. The number of halogens is 4. The number of carbonyl (C=O) groups is 1. The molecule has 0 unspecified atom stereocenters. The molecule has 4 aromatic rings. The lowest BCUT2D eigenvalue weighted by molar-refractivity contribution is -0.138. The number of alkyl halides is 3. The number of amides is 2. The van der Waals surface area contributed by atoms with E-state index in [1.807, 2.05) is 23.4 Å². The molecule has 1 aliphatic heterocycles. The maximum Gasteiger partial charge on any atom is 0.416 e. The molecule has 2 amide bonds. The Morgan fingerprint density at radius 1 is 1.07 bits per heavy atom. The monoisotopic (exact) mass is 610 g/mol. The fourth-order valence-electron chi connectivity index (χ4n) is 5.86. The van der Waals surface area contributed by atoms with Crippen molar-refractivity contribution in [3.8, 4) is 11.3 Å². The highest BCUT2D eigenvalue weighted by Crippen LogP contribution is 2.42. The maximum absolute atomic E-state index is 15.2. The van der Waals surface area contributed by atoms with Crippen LogP contribution in [-0.4, -0.2) is 63.4 Å². The predicted molar refractivity (Wildman–Crippen MR) is 161 cm³/mol.